The van der Waals surface area contributed by atoms with Crippen molar-refractivity contribution < 1.29 is 14.6 Å². The number of carbonyl (C=O) groups excluding carboxylic acids is 1. The van der Waals surface area contributed by atoms with Crippen LogP contribution in [-0.4, -0.2) is 42.0 Å². The number of hydrogen-bond donors (Lipinski definition) is 3. The van der Waals surface area contributed by atoms with Gasteiger partial charge in [0, 0.05) is 11.5 Å². The second kappa shape index (κ2) is 5.29. The molecule has 2 atom stereocenters. The van der Waals surface area contributed by atoms with Gasteiger partial charge in [0.1, 0.15) is 5.60 Å². The number of hydrogen-bond acceptors (Lipinski definition) is 4. The van der Waals surface area contributed by atoms with E-state index in [9.17, 15) is 9.90 Å². The third-order valence-corrected chi connectivity index (χ3v) is 4.31. The van der Waals surface area contributed by atoms with Crippen molar-refractivity contribution >= 4 is 6.09 Å². The number of rotatable bonds is 1. The highest BCUT2D eigenvalue weighted by Gasteiger charge is 2.50. The van der Waals surface area contributed by atoms with E-state index in [4.69, 9.17) is 4.74 Å². The van der Waals surface area contributed by atoms with Crippen molar-refractivity contribution in [3.8, 4) is 0 Å². The van der Waals surface area contributed by atoms with E-state index in [2.05, 4.69) is 10.6 Å². The molecule has 1 spiro atoms. The Balaban J connectivity index is 2.01. The lowest BCUT2D eigenvalue weighted by molar-refractivity contribution is 0.00478. The summed E-state index contributed by atoms with van der Waals surface area (Å²) in [6, 6.07) is 0.0273. The standard InChI is InChI=1S/C14H26N2O3/c1-13(2,3)19-12(18)16-10-4-5-11(17)14(10)6-8-15-9-7-14/h10-11,15,17H,4-9H2,1-3H3,(H,16,18). The highest BCUT2D eigenvalue weighted by atomic mass is 16.6. The fourth-order valence-electron chi connectivity index (χ4n) is 3.37. The maximum absolute atomic E-state index is 11.9. The topological polar surface area (TPSA) is 70.6 Å². The molecule has 2 unspecified atom stereocenters. The number of nitrogens with one attached hydrogen (secondary N) is 2. The number of piperidine rings is 1. The zero-order valence-electron chi connectivity index (χ0n) is 12.2. The van der Waals surface area contributed by atoms with E-state index in [1.54, 1.807) is 0 Å². The quantitative estimate of drug-likeness (QED) is 0.673. The van der Waals surface area contributed by atoms with Crippen LogP contribution in [0.4, 0.5) is 4.79 Å². The molecule has 5 heteroatoms. The van der Waals surface area contributed by atoms with Crippen LogP contribution in [0, 0.1) is 5.41 Å². The molecule has 5 nitrogen and oxygen atoms in total. The molecule has 3 N–H and O–H groups in total. The molecule has 1 saturated heterocycles. The number of aliphatic hydroxyl groups excluding tert-OH is 1. The van der Waals surface area contributed by atoms with Gasteiger partial charge in [-0.05, 0) is 59.5 Å². The summed E-state index contributed by atoms with van der Waals surface area (Å²) in [5, 5.41) is 16.6. The molecule has 1 amide bonds. The number of aliphatic hydroxyl groups is 1. The van der Waals surface area contributed by atoms with Crippen molar-refractivity contribution in [2.45, 2.75) is 64.2 Å². The molecule has 2 aliphatic rings. The van der Waals surface area contributed by atoms with Crippen molar-refractivity contribution in [1.82, 2.24) is 10.6 Å². The minimum absolute atomic E-state index is 0.0273. The Hall–Kier alpha value is -0.810. The molecule has 2 rings (SSSR count). The van der Waals surface area contributed by atoms with Crippen LogP contribution in [-0.2, 0) is 4.74 Å². The van der Waals surface area contributed by atoms with E-state index in [-0.39, 0.29) is 23.7 Å². The van der Waals surface area contributed by atoms with Crippen LogP contribution in [0.25, 0.3) is 0 Å². The van der Waals surface area contributed by atoms with Gasteiger partial charge in [-0.25, -0.2) is 4.79 Å². The van der Waals surface area contributed by atoms with Gasteiger partial charge in [-0.1, -0.05) is 0 Å². The molecule has 2 fully saturated rings. The molecule has 0 radical (unpaired) electrons. The number of amides is 1. The zero-order chi connectivity index (χ0) is 14.1. The summed E-state index contributed by atoms with van der Waals surface area (Å²) in [5.74, 6) is 0. The Morgan fingerprint density at radius 1 is 1.32 bits per heavy atom. The minimum Gasteiger partial charge on any atom is -0.444 e. The van der Waals surface area contributed by atoms with E-state index >= 15 is 0 Å². The first-order chi connectivity index (χ1) is 8.83. The van der Waals surface area contributed by atoms with Gasteiger partial charge in [0.05, 0.1) is 6.10 Å². The van der Waals surface area contributed by atoms with Crippen LogP contribution in [0.5, 0.6) is 0 Å². The van der Waals surface area contributed by atoms with Crippen molar-refractivity contribution in [2.75, 3.05) is 13.1 Å². The van der Waals surface area contributed by atoms with Crippen LogP contribution in [0.3, 0.4) is 0 Å². The molecular weight excluding hydrogens is 244 g/mol. The van der Waals surface area contributed by atoms with Crippen LogP contribution >= 0.6 is 0 Å². The number of alkyl carbamates (subject to hydrolysis) is 1. The molecule has 1 aliphatic carbocycles. The summed E-state index contributed by atoms with van der Waals surface area (Å²) in [5.41, 5.74) is -0.648. The van der Waals surface area contributed by atoms with Gasteiger partial charge >= 0.3 is 6.09 Å². The lowest BCUT2D eigenvalue weighted by atomic mass is 9.73. The molecule has 1 aliphatic heterocycles. The number of carbonyl (C=O) groups is 1. The Morgan fingerprint density at radius 2 is 1.95 bits per heavy atom. The molecule has 0 aromatic carbocycles. The molecule has 0 aromatic heterocycles. The largest absolute Gasteiger partial charge is 0.444 e. The highest BCUT2D eigenvalue weighted by molar-refractivity contribution is 5.68. The molecule has 1 saturated carbocycles. The predicted octanol–water partition coefficient (Wildman–Crippen LogP) is 1.40. The molecular formula is C14H26N2O3. The average molecular weight is 270 g/mol. The van der Waals surface area contributed by atoms with E-state index in [0.29, 0.717) is 0 Å². The van der Waals surface area contributed by atoms with Crippen LogP contribution in [0.15, 0.2) is 0 Å². The highest BCUT2D eigenvalue weighted by Crippen LogP contribution is 2.45. The Morgan fingerprint density at radius 3 is 2.53 bits per heavy atom. The van der Waals surface area contributed by atoms with Gasteiger partial charge in [-0.3, -0.25) is 0 Å². The van der Waals surface area contributed by atoms with Gasteiger partial charge in [0.15, 0.2) is 0 Å². The molecule has 19 heavy (non-hydrogen) atoms. The van der Waals surface area contributed by atoms with Gasteiger partial charge in [-0.2, -0.15) is 0 Å². The second-order valence-corrected chi connectivity index (χ2v) is 6.78. The molecule has 0 bridgehead atoms. The fraction of sp³-hybridized carbons (Fsp3) is 0.929. The minimum atomic E-state index is -0.484. The van der Waals surface area contributed by atoms with Gasteiger partial charge in [0.25, 0.3) is 0 Å². The number of ether oxygens (including phenoxy) is 1. The Kier molecular flexibility index (Phi) is 4.06. The molecule has 1 heterocycles. The maximum Gasteiger partial charge on any atom is 0.407 e. The maximum atomic E-state index is 11.9. The monoisotopic (exact) mass is 270 g/mol. The predicted molar refractivity (Wildman–Crippen MR) is 72.9 cm³/mol. The average Bonchev–Trinajstić information content (AvgIpc) is 2.57. The second-order valence-electron chi connectivity index (χ2n) is 6.78. The molecule has 110 valence electrons. The first-order valence-corrected chi connectivity index (χ1v) is 7.22. The lowest BCUT2D eigenvalue weighted by Gasteiger charge is -2.41. The van der Waals surface area contributed by atoms with Gasteiger partial charge < -0.3 is 20.5 Å². The summed E-state index contributed by atoms with van der Waals surface area (Å²) in [6.45, 7) is 7.39. The Labute approximate surface area is 115 Å². The van der Waals surface area contributed by atoms with E-state index in [1.807, 2.05) is 20.8 Å². The van der Waals surface area contributed by atoms with Gasteiger partial charge in [-0.15, -0.1) is 0 Å². The third-order valence-electron chi connectivity index (χ3n) is 4.31. The first kappa shape index (κ1) is 14.6. The van der Waals surface area contributed by atoms with E-state index in [0.717, 1.165) is 38.8 Å². The van der Waals surface area contributed by atoms with Crippen LogP contribution in [0.2, 0.25) is 0 Å². The molecule has 0 aromatic rings. The summed E-state index contributed by atoms with van der Waals surface area (Å²) in [6.07, 6.45) is 2.74. The fourth-order valence-corrected chi connectivity index (χ4v) is 3.37. The summed E-state index contributed by atoms with van der Waals surface area (Å²) in [7, 11) is 0. The summed E-state index contributed by atoms with van der Waals surface area (Å²) in [4.78, 5) is 11.9. The van der Waals surface area contributed by atoms with Crippen molar-refractivity contribution in [3.05, 3.63) is 0 Å². The van der Waals surface area contributed by atoms with Gasteiger partial charge in [0.2, 0.25) is 0 Å². The lowest BCUT2D eigenvalue weighted by Crippen LogP contribution is -2.54. The van der Waals surface area contributed by atoms with Crippen molar-refractivity contribution in [3.63, 3.8) is 0 Å². The van der Waals surface area contributed by atoms with Crippen molar-refractivity contribution in [2.24, 2.45) is 5.41 Å². The van der Waals surface area contributed by atoms with Crippen molar-refractivity contribution in [1.29, 1.82) is 0 Å². The van der Waals surface area contributed by atoms with E-state index in [1.165, 1.54) is 0 Å². The normalized spacial score (nSPS) is 30.3. The first-order valence-electron chi connectivity index (χ1n) is 7.22. The Bertz CT molecular complexity index is 332. The smallest absolute Gasteiger partial charge is 0.407 e. The van der Waals surface area contributed by atoms with Crippen LogP contribution in [0.1, 0.15) is 46.5 Å². The van der Waals surface area contributed by atoms with E-state index < -0.39 is 5.60 Å². The third kappa shape index (κ3) is 3.20. The summed E-state index contributed by atoms with van der Waals surface area (Å²) < 4.78 is 5.32. The SMILES string of the molecule is CC(C)(C)OC(=O)NC1CCC(O)C12CCNCC2. The van der Waals surface area contributed by atoms with Crippen LogP contribution < -0.4 is 10.6 Å². The summed E-state index contributed by atoms with van der Waals surface area (Å²) >= 11 is 0. The zero-order valence-corrected chi connectivity index (χ0v) is 12.2.